The van der Waals surface area contributed by atoms with Gasteiger partial charge in [0.2, 0.25) is 0 Å². The summed E-state index contributed by atoms with van der Waals surface area (Å²) in [6, 6.07) is 9.56. The maximum atomic E-state index is 11.9. The molecular formula is C15H18N2O3. The average molecular weight is 274 g/mol. The van der Waals surface area contributed by atoms with Crippen LogP contribution in [0.15, 0.2) is 36.7 Å². The first-order valence-corrected chi connectivity index (χ1v) is 6.59. The highest BCUT2D eigenvalue weighted by Crippen LogP contribution is 2.11. The lowest BCUT2D eigenvalue weighted by Crippen LogP contribution is -2.16. The molecule has 1 aromatic heterocycles. The molecule has 0 bridgehead atoms. The minimum Gasteiger partial charge on any atom is -0.492 e. The Morgan fingerprint density at radius 3 is 2.75 bits per heavy atom. The van der Waals surface area contributed by atoms with Crippen molar-refractivity contribution in [2.24, 2.45) is 0 Å². The number of aromatic nitrogens is 2. The normalized spacial score (nSPS) is 10.3. The van der Waals surface area contributed by atoms with Crippen molar-refractivity contribution in [1.82, 2.24) is 9.55 Å². The Morgan fingerprint density at radius 1 is 1.30 bits per heavy atom. The number of benzene rings is 1. The molecule has 20 heavy (non-hydrogen) atoms. The maximum Gasteiger partial charge on any atom is 0.356 e. The van der Waals surface area contributed by atoms with Crippen molar-refractivity contribution in [3.63, 3.8) is 0 Å². The van der Waals surface area contributed by atoms with E-state index in [2.05, 4.69) is 4.98 Å². The van der Waals surface area contributed by atoms with E-state index < -0.39 is 0 Å². The lowest BCUT2D eigenvalue weighted by atomic mass is 10.3. The molecule has 0 unspecified atom stereocenters. The zero-order valence-electron chi connectivity index (χ0n) is 11.7. The fourth-order valence-electron chi connectivity index (χ4n) is 1.90. The van der Waals surface area contributed by atoms with Gasteiger partial charge in [0.15, 0.2) is 0 Å². The molecule has 0 spiro atoms. The fourth-order valence-corrected chi connectivity index (χ4v) is 1.90. The van der Waals surface area contributed by atoms with E-state index in [1.54, 1.807) is 24.7 Å². The summed E-state index contributed by atoms with van der Waals surface area (Å²) in [7, 11) is 0. The van der Waals surface area contributed by atoms with E-state index in [4.69, 9.17) is 9.47 Å². The van der Waals surface area contributed by atoms with Crippen LogP contribution in [0.1, 0.15) is 23.1 Å². The molecule has 2 rings (SSSR count). The third-order valence-electron chi connectivity index (χ3n) is 2.83. The van der Waals surface area contributed by atoms with Crippen molar-refractivity contribution in [3.05, 3.63) is 48.0 Å². The molecule has 0 aliphatic rings. The van der Waals surface area contributed by atoms with Gasteiger partial charge in [-0.25, -0.2) is 9.78 Å². The average Bonchev–Trinajstić information content (AvgIpc) is 2.81. The Kier molecular flexibility index (Phi) is 4.76. The van der Waals surface area contributed by atoms with E-state index in [0.29, 0.717) is 31.1 Å². The number of carbonyl (C=O) groups is 1. The quantitative estimate of drug-likeness (QED) is 0.759. The molecule has 0 atom stereocenters. The molecule has 2 aromatic rings. The summed E-state index contributed by atoms with van der Waals surface area (Å²) < 4.78 is 12.4. The summed E-state index contributed by atoms with van der Waals surface area (Å²) in [5.41, 5.74) is 1.16. The van der Waals surface area contributed by atoms with E-state index in [1.165, 1.54) is 0 Å². The van der Waals surface area contributed by atoms with Crippen molar-refractivity contribution in [2.75, 3.05) is 13.2 Å². The number of ether oxygens (including phenoxy) is 2. The first-order valence-electron chi connectivity index (χ1n) is 6.59. The maximum absolute atomic E-state index is 11.9. The second-order valence-electron chi connectivity index (χ2n) is 4.25. The van der Waals surface area contributed by atoms with Crippen LogP contribution in [-0.4, -0.2) is 28.7 Å². The molecule has 0 amide bonds. The Bertz CT molecular complexity index is 564. The number of rotatable bonds is 6. The zero-order chi connectivity index (χ0) is 14.4. The first kappa shape index (κ1) is 14.1. The fraction of sp³-hybridized carbons (Fsp3) is 0.333. The minimum atomic E-state index is -0.345. The lowest BCUT2D eigenvalue weighted by molar-refractivity contribution is 0.0512. The number of carbonyl (C=O) groups excluding carboxylic acids is 1. The molecule has 1 heterocycles. The van der Waals surface area contributed by atoms with Crippen LogP contribution in [0.25, 0.3) is 0 Å². The summed E-state index contributed by atoms with van der Waals surface area (Å²) in [6.45, 7) is 4.94. The van der Waals surface area contributed by atoms with Gasteiger partial charge in [0, 0.05) is 0 Å². The largest absolute Gasteiger partial charge is 0.492 e. The molecule has 0 radical (unpaired) electrons. The molecular weight excluding hydrogens is 256 g/mol. The van der Waals surface area contributed by atoms with E-state index >= 15 is 0 Å². The van der Waals surface area contributed by atoms with Gasteiger partial charge in [-0.3, -0.25) is 0 Å². The van der Waals surface area contributed by atoms with Gasteiger partial charge in [0.25, 0.3) is 0 Å². The predicted molar refractivity (Wildman–Crippen MR) is 74.9 cm³/mol. The van der Waals surface area contributed by atoms with Gasteiger partial charge in [-0.1, -0.05) is 18.2 Å². The molecule has 0 fully saturated rings. The minimum absolute atomic E-state index is 0.345. The smallest absolute Gasteiger partial charge is 0.356 e. The van der Waals surface area contributed by atoms with E-state index in [0.717, 1.165) is 5.75 Å². The van der Waals surface area contributed by atoms with Crippen molar-refractivity contribution in [1.29, 1.82) is 0 Å². The number of hydrogen-bond acceptors (Lipinski definition) is 4. The van der Waals surface area contributed by atoms with Gasteiger partial charge in [-0.15, -0.1) is 0 Å². The van der Waals surface area contributed by atoms with Gasteiger partial charge < -0.3 is 14.0 Å². The standard InChI is InChI=1S/C15H18N2O3/c1-3-19-15(18)14-12(2)16-11-17(14)9-10-20-13-7-5-4-6-8-13/h4-8,11H,3,9-10H2,1-2H3. The summed E-state index contributed by atoms with van der Waals surface area (Å²) in [4.78, 5) is 16.0. The summed E-state index contributed by atoms with van der Waals surface area (Å²) >= 11 is 0. The van der Waals surface area contributed by atoms with Gasteiger partial charge >= 0.3 is 5.97 Å². The number of hydrogen-bond donors (Lipinski definition) is 0. The monoisotopic (exact) mass is 274 g/mol. The molecule has 0 saturated carbocycles. The van der Waals surface area contributed by atoms with Gasteiger partial charge in [-0.05, 0) is 26.0 Å². The van der Waals surface area contributed by atoms with Crippen LogP contribution in [0, 0.1) is 6.92 Å². The Labute approximate surface area is 118 Å². The zero-order valence-corrected chi connectivity index (χ0v) is 11.7. The Balaban J connectivity index is 1.98. The Morgan fingerprint density at radius 2 is 2.05 bits per heavy atom. The number of para-hydroxylation sites is 1. The van der Waals surface area contributed by atoms with Gasteiger partial charge in [0.05, 0.1) is 25.2 Å². The van der Waals surface area contributed by atoms with Crippen molar-refractivity contribution in [2.45, 2.75) is 20.4 Å². The molecule has 5 nitrogen and oxygen atoms in total. The predicted octanol–water partition coefficient (Wildman–Crippen LogP) is 2.45. The van der Waals surface area contributed by atoms with Gasteiger partial charge in [0.1, 0.15) is 18.1 Å². The van der Waals surface area contributed by atoms with Crippen LogP contribution in [0.3, 0.4) is 0 Å². The van der Waals surface area contributed by atoms with Crippen molar-refractivity contribution < 1.29 is 14.3 Å². The highest BCUT2D eigenvalue weighted by atomic mass is 16.5. The number of aryl methyl sites for hydroxylation is 1. The van der Waals surface area contributed by atoms with Gasteiger partial charge in [-0.2, -0.15) is 0 Å². The van der Waals surface area contributed by atoms with Crippen LogP contribution >= 0.6 is 0 Å². The number of nitrogens with zero attached hydrogens (tertiary/aromatic N) is 2. The SMILES string of the molecule is CCOC(=O)c1c(C)ncn1CCOc1ccccc1. The molecule has 106 valence electrons. The molecule has 5 heteroatoms. The third kappa shape index (κ3) is 3.38. The Hall–Kier alpha value is -2.30. The highest BCUT2D eigenvalue weighted by Gasteiger charge is 2.16. The first-order chi connectivity index (χ1) is 9.72. The van der Waals surface area contributed by atoms with Crippen LogP contribution in [0.5, 0.6) is 5.75 Å². The highest BCUT2D eigenvalue weighted by molar-refractivity contribution is 5.88. The molecule has 0 N–H and O–H groups in total. The second kappa shape index (κ2) is 6.75. The number of esters is 1. The summed E-state index contributed by atoms with van der Waals surface area (Å²) in [5, 5.41) is 0. The lowest BCUT2D eigenvalue weighted by Gasteiger charge is -2.09. The summed E-state index contributed by atoms with van der Waals surface area (Å²) in [6.07, 6.45) is 1.63. The van der Waals surface area contributed by atoms with Crippen LogP contribution in [0.4, 0.5) is 0 Å². The third-order valence-corrected chi connectivity index (χ3v) is 2.83. The van der Waals surface area contributed by atoms with Crippen LogP contribution < -0.4 is 4.74 Å². The second-order valence-corrected chi connectivity index (χ2v) is 4.25. The van der Waals surface area contributed by atoms with E-state index in [1.807, 2.05) is 30.3 Å². The molecule has 0 saturated heterocycles. The number of imidazole rings is 1. The summed E-state index contributed by atoms with van der Waals surface area (Å²) in [5.74, 6) is 0.462. The van der Waals surface area contributed by atoms with Crippen molar-refractivity contribution >= 4 is 5.97 Å². The van der Waals surface area contributed by atoms with E-state index in [-0.39, 0.29) is 5.97 Å². The van der Waals surface area contributed by atoms with Crippen LogP contribution in [0.2, 0.25) is 0 Å². The van der Waals surface area contributed by atoms with Crippen LogP contribution in [-0.2, 0) is 11.3 Å². The molecule has 0 aliphatic carbocycles. The van der Waals surface area contributed by atoms with Crippen molar-refractivity contribution in [3.8, 4) is 5.75 Å². The topological polar surface area (TPSA) is 53.3 Å². The molecule has 0 aliphatic heterocycles. The molecule has 1 aromatic carbocycles. The van der Waals surface area contributed by atoms with E-state index in [9.17, 15) is 4.79 Å².